The van der Waals surface area contributed by atoms with Crippen molar-refractivity contribution < 1.29 is 0 Å². The van der Waals surface area contributed by atoms with Crippen molar-refractivity contribution in [1.29, 1.82) is 0 Å². The fourth-order valence-corrected chi connectivity index (χ4v) is 4.43. The van der Waals surface area contributed by atoms with Gasteiger partial charge in [-0.1, -0.05) is 63.8 Å². The summed E-state index contributed by atoms with van der Waals surface area (Å²) in [5.74, 6) is 0. The van der Waals surface area contributed by atoms with Crippen LogP contribution in [0, 0.1) is 5.41 Å². The first-order valence-corrected chi connectivity index (χ1v) is 8.26. The van der Waals surface area contributed by atoms with Gasteiger partial charge in [0, 0.05) is 9.30 Å². The first kappa shape index (κ1) is 13.6. The molecule has 0 aromatic heterocycles. The summed E-state index contributed by atoms with van der Waals surface area (Å²) in [6, 6.07) is 8.75. The predicted octanol–water partition coefficient (Wildman–Crippen LogP) is 5.73. The molecule has 0 nitrogen and oxygen atoms in total. The molecule has 1 saturated carbocycles. The van der Waals surface area contributed by atoms with Gasteiger partial charge in [-0.3, -0.25) is 0 Å². The van der Waals surface area contributed by atoms with Crippen molar-refractivity contribution in [3.8, 4) is 0 Å². The van der Waals surface area contributed by atoms with Gasteiger partial charge in [0.2, 0.25) is 0 Å². The van der Waals surface area contributed by atoms with Crippen molar-refractivity contribution >= 4 is 31.9 Å². The summed E-state index contributed by atoms with van der Waals surface area (Å²) in [6.45, 7) is 2.35. The van der Waals surface area contributed by atoms with Crippen LogP contribution in [0.5, 0.6) is 0 Å². The van der Waals surface area contributed by atoms with Gasteiger partial charge in [-0.05, 0) is 48.8 Å². The maximum Gasteiger partial charge on any atom is 0.0242 e. The molecule has 1 aliphatic carbocycles. The van der Waals surface area contributed by atoms with Crippen LogP contribution in [-0.2, 0) is 6.42 Å². The Labute approximate surface area is 121 Å². The number of hydrogen-bond acceptors (Lipinski definition) is 0. The van der Waals surface area contributed by atoms with Gasteiger partial charge < -0.3 is 0 Å². The average Bonchev–Trinajstić information content (AvgIpc) is 2.82. The molecule has 0 radical (unpaired) electrons. The first-order chi connectivity index (χ1) is 8.16. The maximum atomic E-state index is 3.97. The normalized spacial score (nSPS) is 20.4. The van der Waals surface area contributed by atoms with Gasteiger partial charge in [-0.15, -0.1) is 0 Å². The van der Waals surface area contributed by atoms with Crippen molar-refractivity contribution in [3.05, 3.63) is 34.3 Å². The van der Waals surface area contributed by atoms with Gasteiger partial charge in [0.15, 0.2) is 0 Å². The smallest absolute Gasteiger partial charge is 0.0242 e. The molecule has 1 atom stereocenters. The lowest BCUT2D eigenvalue weighted by Gasteiger charge is -2.33. The van der Waals surface area contributed by atoms with Crippen LogP contribution in [0.3, 0.4) is 0 Å². The Balaban J connectivity index is 2.05. The van der Waals surface area contributed by atoms with Crippen LogP contribution in [-0.4, -0.2) is 4.83 Å². The molecule has 2 rings (SSSR count). The molecule has 1 aromatic carbocycles. The van der Waals surface area contributed by atoms with Crippen LogP contribution >= 0.6 is 31.9 Å². The van der Waals surface area contributed by atoms with Crippen LogP contribution in [0.2, 0.25) is 0 Å². The summed E-state index contributed by atoms with van der Waals surface area (Å²) in [4.78, 5) is 0.628. The van der Waals surface area contributed by atoms with Crippen molar-refractivity contribution in [2.24, 2.45) is 5.41 Å². The summed E-state index contributed by atoms with van der Waals surface area (Å²) < 4.78 is 1.17. The highest BCUT2D eigenvalue weighted by Crippen LogP contribution is 2.47. The minimum Gasteiger partial charge on any atom is -0.0881 e. The van der Waals surface area contributed by atoms with Gasteiger partial charge in [-0.2, -0.15) is 0 Å². The van der Waals surface area contributed by atoms with E-state index in [4.69, 9.17) is 0 Å². The maximum absolute atomic E-state index is 3.97. The molecule has 1 aliphatic rings. The molecule has 2 heteroatoms. The molecule has 0 aliphatic heterocycles. The zero-order valence-corrected chi connectivity index (χ0v) is 13.6. The highest BCUT2D eigenvalue weighted by Gasteiger charge is 2.38. The van der Waals surface area contributed by atoms with Crippen molar-refractivity contribution in [2.75, 3.05) is 0 Å². The summed E-state index contributed by atoms with van der Waals surface area (Å²) in [5.41, 5.74) is 1.99. The molecular weight excluding hydrogens is 340 g/mol. The number of hydrogen-bond donors (Lipinski definition) is 0. The van der Waals surface area contributed by atoms with Crippen LogP contribution in [0.15, 0.2) is 28.7 Å². The summed E-state index contributed by atoms with van der Waals surface area (Å²) in [6.07, 6.45) is 8.08. The Kier molecular flexibility index (Phi) is 4.71. The molecular formula is C15H20Br2. The molecule has 94 valence electrons. The fourth-order valence-electron chi connectivity index (χ4n) is 3.01. The number of alkyl halides is 1. The Morgan fingerprint density at radius 3 is 2.29 bits per heavy atom. The Morgan fingerprint density at radius 1 is 1.18 bits per heavy atom. The zero-order chi connectivity index (χ0) is 12.3. The van der Waals surface area contributed by atoms with Gasteiger partial charge in [0.1, 0.15) is 0 Å². The molecule has 0 amide bonds. The van der Waals surface area contributed by atoms with E-state index in [1.807, 2.05) is 0 Å². The SMILES string of the molecule is CCC1(C(Br)Cc2ccc(Br)cc2)CCCC1. The monoisotopic (exact) mass is 358 g/mol. The van der Waals surface area contributed by atoms with E-state index in [0.717, 1.165) is 6.42 Å². The van der Waals surface area contributed by atoms with Gasteiger partial charge in [-0.25, -0.2) is 0 Å². The largest absolute Gasteiger partial charge is 0.0881 e. The molecule has 1 fully saturated rings. The van der Waals surface area contributed by atoms with Crippen molar-refractivity contribution in [2.45, 2.75) is 50.3 Å². The third-order valence-electron chi connectivity index (χ3n) is 4.30. The fraction of sp³-hybridized carbons (Fsp3) is 0.600. The van der Waals surface area contributed by atoms with E-state index in [2.05, 4.69) is 63.0 Å². The molecule has 0 saturated heterocycles. The molecule has 0 spiro atoms. The van der Waals surface area contributed by atoms with Gasteiger partial charge >= 0.3 is 0 Å². The highest BCUT2D eigenvalue weighted by molar-refractivity contribution is 9.10. The van der Waals surface area contributed by atoms with Gasteiger partial charge in [0.25, 0.3) is 0 Å². The average molecular weight is 360 g/mol. The molecule has 1 aromatic rings. The van der Waals surface area contributed by atoms with Crippen molar-refractivity contribution in [1.82, 2.24) is 0 Å². The predicted molar refractivity (Wildman–Crippen MR) is 81.8 cm³/mol. The zero-order valence-electron chi connectivity index (χ0n) is 10.4. The summed E-state index contributed by atoms with van der Waals surface area (Å²) in [7, 11) is 0. The molecule has 17 heavy (non-hydrogen) atoms. The third kappa shape index (κ3) is 3.14. The Morgan fingerprint density at radius 2 is 1.76 bits per heavy atom. The minimum atomic E-state index is 0.549. The van der Waals surface area contributed by atoms with Crippen LogP contribution < -0.4 is 0 Å². The van der Waals surface area contributed by atoms with Crippen LogP contribution in [0.4, 0.5) is 0 Å². The second-order valence-corrected chi connectivity index (χ2v) is 7.24. The lowest BCUT2D eigenvalue weighted by atomic mass is 9.78. The topological polar surface area (TPSA) is 0 Å². The van der Waals surface area contributed by atoms with Crippen LogP contribution in [0.25, 0.3) is 0 Å². The number of benzene rings is 1. The first-order valence-electron chi connectivity index (χ1n) is 6.55. The minimum absolute atomic E-state index is 0.549. The summed E-state index contributed by atoms with van der Waals surface area (Å²) >= 11 is 7.46. The number of rotatable bonds is 4. The lowest BCUT2D eigenvalue weighted by Crippen LogP contribution is -2.29. The van der Waals surface area contributed by atoms with E-state index >= 15 is 0 Å². The van der Waals surface area contributed by atoms with Gasteiger partial charge in [0.05, 0.1) is 0 Å². The second kappa shape index (κ2) is 5.88. The Hall–Kier alpha value is 0.180. The summed E-state index contributed by atoms with van der Waals surface area (Å²) in [5, 5.41) is 0. The van der Waals surface area contributed by atoms with E-state index in [0.29, 0.717) is 10.2 Å². The lowest BCUT2D eigenvalue weighted by molar-refractivity contribution is 0.275. The molecule has 0 heterocycles. The number of halogens is 2. The molecule has 0 N–H and O–H groups in total. The molecule has 1 unspecified atom stereocenters. The molecule has 0 bridgehead atoms. The standard InChI is InChI=1S/C15H20Br2/c1-2-15(9-3-4-10-15)14(17)11-12-5-7-13(16)8-6-12/h5-8,14H,2-4,9-11H2,1H3. The van der Waals surface area contributed by atoms with E-state index in [9.17, 15) is 0 Å². The van der Waals surface area contributed by atoms with E-state index in [-0.39, 0.29) is 0 Å². The van der Waals surface area contributed by atoms with E-state index in [1.54, 1.807) is 0 Å². The second-order valence-electron chi connectivity index (χ2n) is 5.22. The van der Waals surface area contributed by atoms with E-state index in [1.165, 1.54) is 42.1 Å². The van der Waals surface area contributed by atoms with E-state index < -0.39 is 0 Å². The quantitative estimate of drug-likeness (QED) is 0.602. The van der Waals surface area contributed by atoms with Crippen LogP contribution in [0.1, 0.15) is 44.6 Å². The highest BCUT2D eigenvalue weighted by atomic mass is 79.9. The van der Waals surface area contributed by atoms with Crippen molar-refractivity contribution in [3.63, 3.8) is 0 Å². The Bertz CT molecular complexity index is 350. The third-order valence-corrected chi connectivity index (χ3v) is 6.12.